The van der Waals surface area contributed by atoms with Crippen molar-refractivity contribution in [3.8, 4) is 0 Å². The first-order valence-electron chi connectivity index (χ1n) is 0. The Morgan fingerprint density at radius 2 is 1.00 bits per heavy atom. The molecule has 0 unspecified atom stereocenters. The maximum atomic E-state index is 0. The third kappa shape index (κ3) is 8.91. The third-order valence-electron chi connectivity index (χ3n) is 0. The molecule has 0 aromatic carbocycles. The van der Waals surface area contributed by atoms with Crippen LogP contribution in [0.15, 0.2) is 0 Å². The van der Waals surface area contributed by atoms with Crippen LogP contribution in [0.4, 0.5) is 0 Å². The normalized spacial score (nSPS) is 0. The molecule has 0 saturated heterocycles. The molecule has 0 heterocycles. The fraction of sp³-hybridized carbons (Fsp3) is 0. The molecule has 0 amide bonds. The molecule has 0 aliphatic heterocycles. The third-order valence-corrected chi connectivity index (χ3v) is 0. The first-order valence-corrected chi connectivity index (χ1v) is 0. The van der Waals surface area contributed by atoms with Gasteiger partial charge in [-0.2, -0.15) is 0 Å². The van der Waals surface area contributed by atoms with E-state index in [-0.39, 0.29) is 71.1 Å². The summed E-state index contributed by atoms with van der Waals surface area (Å²) in [6.45, 7) is 0. The van der Waals surface area contributed by atoms with Gasteiger partial charge in [-0.25, -0.2) is 0 Å². The fourth-order valence-corrected chi connectivity index (χ4v) is 0. The molecule has 0 aromatic rings. The molecule has 4 heteroatoms. The monoisotopic (exact) mass is 205 g/mol. The molecule has 0 aromatic heterocycles. The Kier molecular flexibility index (Phi) is 169. The van der Waals surface area contributed by atoms with Crippen LogP contribution in [0.3, 0.4) is 0 Å². The Hall–Kier alpha value is 2.15. The summed E-state index contributed by atoms with van der Waals surface area (Å²) in [5.41, 5.74) is 0. The molecule has 0 atom stereocenters. The minimum atomic E-state index is 0. The molecule has 0 aliphatic rings. The first kappa shape index (κ1) is 35.3. The van der Waals surface area contributed by atoms with Crippen LogP contribution in [0.1, 0.15) is 0 Å². The van der Waals surface area contributed by atoms with Gasteiger partial charge in [0.2, 0.25) is 0 Å². The summed E-state index contributed by atoms with van der Waals surface area (Å²) in [6.07, 6.45) is 0. The van der Waals surface area contributed by atoms with E-state index in [0.29, 0.717) is 0 Å². The van der Waals surface area contributed by atoms with Gasteiger partial charge in [-0.3, -0.25) is 0 Å². The Bertz CT molecular complexity index is 8.00. The van der Waals surface area contributed by atoms with E-state index in [0.717, 1.165) is 0 Å². The summed E-state index contributed by atoms with van der Waals surface area (Å²) in [7, 11) is 0. The first-order chi connectivity index (χ1) is 0. The molecule has 0 fully saturated rings. The van der Waals surface area contributed by atoms with E-state index in [2.05, 4.69) is 0 Å². The minimum absolute atomic E-state index is 0. The van der Waals surface area contributed by atoms with Crippen molar-refractivity contribution in [1.29, 1.82) is 0 Å². The van der Waals surface area contributed by atoms with Crippen molar-refractivity contribution in [2.75, 3.05) is 0 Å². The molecule has 0 nitrogen and oxygen atoms in total. The largest absolute Gasteiger partial charge is 0.0149 e. The molecular weight excluding hydrogens is 199 g/mol. The van der Waals surface area contributed by atoms with Crippen molar-refractivity contribution in [2.45, 2.75) is 0 Å². The van der Waals surface area contributed by atoms with Crippen LogP contribution < -0.4 is 0 Å². The van der Waals surface area contributed by atoms with E-state index < -0.39 is 0 Å². The van der Waals surface area contributed by atoms with E-state index in [1.165, 1.54) is 0 Å². The predicted molar refractivity (Wildman–Crippen MR) is 17.1 cm³/mol. The number of hydrogen-bond donors (Lipinski definition) is 0. The smallest absolute Gasteiger partial charge is 0 e. The standard InChI is InChI=1S/Al.Mo.H4Si.Ti/h;;1H4;. The maximum absolute atomic E-state index is 0. The van der Waals surface area contributed by atoms with Gasteiger partial charge in [-0.1, -0.05) is 0 Å². The number of rotatable bonds is 0. The summed E-state index contributed by atoms with van der Waals surface area (Å²) in [5.74, 6) is 0. The zero-order valence-electron chi connectivity index (χ0n) is 1.49. The van der Waals surface area contributed by atoms with Crippen LogP contribution in [0.5, 0.6) is 0 Å². The second kappa shape index (κ2) is 19.2. The van der Waals surface area contributed by atoms with Crippen LogP contribution in [0.2, 0.25) is 0 Å². The van der Waals surface area contributed by atoms with E-state index in [1.807, 2.05) is 0 Å². The van der Waals surface area contributed by atoms with Gasteiger partial charge in [0.05, 0.1) is 0 Å². The minimum Gasteiger partial charge on any atom is -0.0149 e. The summed E-state index contributed by atoms with van der Waals surface area (Å²) in [4.78, 5) is 0. The van der Waals surface area contributed by atoms with Gasteiger partial charge in [0.15, 0.2) is 0 Å². The van der Waals surface area contributed by atoms with Gasteiger partial charge in [0.1, 0.15) is 0 Å². The number of hydrogen-bond acceptors (Lipinski definition) is 0. The van der Waals surface area contributed by atoms with Crippen LogP contribution in [0, 0.1) is 0 Å². The van der Waals surface area contributed by atoms with Gasteiger partial charge >= 0.3 is 0 Å². The SMILES string of the molecule is [Al].[Mo].[SiH4].[Ti]. The Morgan fingerprint density at radius 3 is 1.00 bits per heavy atom. The Balaban J connectivity index is 0. The van der Waals surface area contributed by atoms with Crippen LogP contribution in [0.25, 0.3) is 0 Å². The quantitative estimate of drug-likeness (QED) is 0.406. The average Bonchev–Trinajstić information content (AvgIpc) is 0. The van der Waals surface area contributed by atoms with Gasteiger partial charge in [0, 0.05) is 60.1 Å². The summed E-state index contributed by atoms with van der Waals surface area (Å²) >= 11 is 0. The van der Waals surface area contributed by atoms with E-state index in [9.17, 15) is 0 Å². The molecule has 0 rings (SSSR count). The second-order valence-corrected chi connectivity index (χ2v) is 0. The molecule has 4 heavy (non-hydrogen) atoms. The molecule has 0 aliphatic carbocycles. The fourth-order valence-electron chi connectivity index (χ4n) is 0. The topological polar surface area (TPSA) is 0 Å². The van der Waals surface area contributed by atoms with E-state index >= 15 is 0 Å². The zero-order chi connectivity index (χ0) is 0. The molecular formula is H4AlMoSiTi. The second-order valence-electron chi connectivity index (χ2n) is 0. The summed E-state index contributed by atoms with van der Waals surface area (Å²) in [5, 5.41) is 0. The molecule has 0 spiro atoms. The van der Waals surface area contributed by atoms with Gasteiger partial charge in [-0.05, 0) is 11.0 Å². The van der Waals surface area contributed by atoms with Crippen molar-refractivity contribution in [3.63, 3.8) is 0 Å². The van der Waals surface area contributed by atoms with Crippen molar-refractivity contribution in [1.82, 2.24) is 0 Å². The summed E-state index contributed by atoms with van der Waals surface area (Å²) < 4.78 is 0. The van der Waals surface area contributed by atoms with Crippen LogP contribution >= 0.6 is 0 Å². The Labute approximate surface area is 70.4 Å². The molecule has 0 N–H and O–H groups in total. The van der Waals surface area contributed by atoms with E-state index in [1.54, 1.807) is 0 Å². The molecule has 0 bridgehead atoms. The van der Waals surface area contributed by atoms with Crippen molar-refractivity contribution < 1.29 is 42.8 Å². The molecule has 3 radical (unpaired) electrons. The van der Waals surface area contributed by atoms with Crippen molar-refractivity contribution in [3.05, 3.63) is 0 Å². The van der Waals surface area contributed by atoms with Crippen LogP contribution in [-0.4, -0.2) is 28.3 Å². The van der Waals surface area contributed by atoms with Crippen LogP contribution in [-0.2, 0) is 42.8 Å². The van der Waals surface area contributed by atoms with Gasteiger partial charge in [0.25, 0.3) is 0 Å². The van der Waals surface area contributed by atoms with E-state index in [4.69, 9.17) is 0 Å². The van der Waals surface area contributed by atoms with Crippen molar-refractivity contribution in [2.24, 2.45) is 0 Å². The predicted octanol–water partition coefficient (Wildman–Crippen LogP) is -1.84. The maximum Gasteiger partial charge on any atom is 0 e. The Morgan fingerprint density at radius 1 is 1.00 bits per heavy atom. The zero-order valence-corrected chi connectivity index (χ0v) is 6.21. The average molecular weight is 203 g/mol. The molecule has 0 saturated carbocycles. The summed E-state index contributed by atoms with van der Waals surface area (Å²) in [6, 6.07) is 0. The van der Waals surface area contributed by atoms with Gasteiger partial charge in [-0.15, -0.1) is 0 Å². The molecule has 21 valence electrons. The van der Waals surface area contributed by atoms with Crippen molar-refractivity contribution >= 4 is 28.3 Å². The van der Waals surface area contributed by atoms with Gasteiger partial charge < -0.3 is 0 Å².